The van der Waals surface area contributed by atoms with Gasteiger partial charge in [-0.3, -0.25) is 0 Å². The van der Waals surface area contributed by atoms with Gasteiger partial charge in [0.05, 0.1) is 4.90 Å². The molecule has 0 fully saturated rings. The van der Waals surface area contributed by atoms with Gasteiger partial charge in [0.15, 0.2) is 0 Å². The number of nitrogens with two attached hydrogens (primary N) is 1. The number of benzene rings is 1. The second-order valence-electron chi connectivity index (χ2n) is 3.45. The number of thioether (sulfide) groups is 1. The molecule has 4 nitrogen and oxygen atoms in total. The second kappa shape index (κ2) is 7.18. The maximum Gasteiger partial charge on any atom is 0.241 e. The summed E-state index contributed by atoms with van der Waals surface area (Å²) in [5.41, 5.74) is 6.01. The molecule has 0 aliphatic rings. The first-order chi connectivity index (χ1) is 8.47. The number of sulfonamides is 1. The topological polar surface area (TPSA) is 72.2 Å². The Bertz CT molecular complexity index is 518. The van der Waals surface area contributed by atoms with Crippen molar-refractivity contribution in [1.29, 1.82) is 0 Å². The molecule has 0 aliphatic carbocycles. The van der Waals surface area contributed by atoms with Gasteiger partial charge in [-0.05, 0) is 34.1 Å². The number of rotatable bonds is 7. The summed E-state index contributed by atoms with van der Waals surface area (Å²) in [5, 5.41) is 0. The van der Waals surface area contributed by atoms with E-state index in [9.17, 15) is 8.42 Å². The Balaban J connectivity index is 2.68. The molecule has 0 aliphatic heterocycles. The van der Waals surface area contributed by atoms with Crippen molar-refractivity contribution in [3.05, 3.63) is 35.3 Å². The zero-order valence-corrected chi connectivity index (χ0v) is 12.9. The molecule has 0 aromatic heterocycles. The lowest BCUT2D eigenvalue weighted by atomic mass is 10.3. The minimum atomic E-state index is -3.52. The van der Waals surface area contributed by atoms with Crippen molar-refractivity contribution in [2.75, 3.05) is 23.8 Å². The summed E-state index contributed by atoms with van der Waals surface area (Å²) in [7, 11) is -3.52. The van der Waals surface area contributed by atoms with Crippen LogP contribution in [0.2, 0.25) is 0 Å². The van der Waals surface area contributed by atoms with Gasteiger partial charge in [0.2, 0.25) is 10.0 Å². The molecule has 1 aromatic rings. The fraction of sp³-hybridized carbons (Fsp3) is 0.273. The lowest BCUT2D eigenvalue weighted by Gasteiger charge is -2.08. The quantitative estimate of drug-likeness (QED) is 0.449. The molecular formula is C11H15BrN2O2S2. The van der Waals surface area contributed by atoms with Gasteiger partial charge in [-0.25, -0.2) is 13.1 Å². The van der Waals surface area contributed by atoms with E-state index in [4.69, 9.17) is 5.73 Å². The van der Waals surface area contributed by atoms with Gasteiger partial charge >= 0.3 is 0 Å². The molecule has 0 spiro atoms. The summed E-state index contributed by atoms with van der Waals surface area (Å²) < 4.78 is 27.1. The summed E-state index contributed by atoms with van der Waals surface area (Å²) in [6.07, 6.45) is 1.79. The molecule has 0 saturated carbocycles. The third kappa shape index (κ3) is 4.64. The SMILES string of the molecule is C=CCSCCNS(=O)(=O)c1cc(N)ccc1Br. The van der Waals surface area contributed by atoms with Crippen molar-refractivity contribution >= 4 is 43.4 Å². The molecule has 0 unspecified atom stereocenters. The average molecular weight is 351 g/mol. The lowest BCUT2D eigenvalue weighted by Crippen LogP contribution is -2.26. The van der Waals surface area contributed by atoms with E-state index in [0.29, 0.717) is 22.5 Å². The first-order valence-electron chi connectivity index (χ1n) is 5.20. The smallest absolute Gasteiger partial charge is 0.241 e. The Hall–Kier alpha value is -0.500. The molecule has 0 bridgehead atoms. The second-order valence-corrected chi connectivity index (χ2v) is 7.19. The van der Waals surface area contributed by atoms with Crippen LogP contribution in [0.4, 0.5) is 5.69 Å². The van der Waals surface area contributed by atoms with Crippen LogP contribution in [-0.2, 0) is 10.0 Å². The maximum absolute atomic E-state index is 12.0. The monoisotopic (exact) mass is 350 g/mol. The molecule has 0 atom stereocenters. The first kappa shape index (κ1) is 15.6. The Labute approximate surface area is 120 Å². The minimum Gasteiger partial charge on any atom is -0.399 e. The maximum atomic E-state index is 12.0. The number of hydrogen-bond donors (Lipinski definition) is 2. The van der Waals surface area contributed by atoms with E-state index in [2.05, 4.69) is 27.2 Å². The van der Waals surface area contributed by atoms with Crippen molar-refractivity contribution in [2.24, 2.45) is 0 Å². The highest BCUT2D eigenvalue weighted by molar-refractivity contribution is 9.10. The van der Waals surface area contributed by atoms with Gasteiger partial charge < -0.3 is 5.73 Å². The van der Waals surface area contributed by atoms with Crippen molar-refractivity contribution in [3.8, 4) is 0 Å². The summed E-state index contributed by atoms with van der Waals surface area (Å²) in [4.78, 5) is 0.163. The van der Waals surface area contributed by atoms with Gasteiger partial charge in [0, 0.05) is 28.2 Å². The molecule has 0 radical (unpaired) electrons. The van der Waals surface area contributed by atoms with Gasteiger partial charge in [0.25, 0.3) is 0 Å². The lowest BCUT2D eigenvalue weighted by molar-refractivity contribution is 0.584. The van der Waals surface area contributed by atoms with E-state index in [0.717, 1.165) is 5.75 Å². The molecular weight excluding hydrogens is 336 g/mol. The third-order valence-corrected chi connectivity index (χ3v) is 5.44. The molecule has 1 rings (SSSR count). The van der Waals surface area contributed by atoms with Crippen molar-refractivity contribution < 1.29 is 8.42 Å². The Morgan fingerprint density at radius 2 is 2.22 bits per heavy atom. The van der Waals surface area contributed by atoms with E-state index in [1.54, 1.807) is 30.0 Å². The van der Waals surface area contributed by atoms with E-state index < -0.39 is 10.0 Å². The average Bonchev–Trinajstić information content (AvgIpc) is 2.32. The number of halogens is 1. The van der Waals surface area contributed by atoms with Crippen LogP contribution < -0.4 is 10.5 Å². The van der Waals surface area contributed by atoms with E-state index in [1.165, 1.54) is 6.07 Å². The van der Waals surface area contributed by atoms with E-state index >= 15 is 0 Å². The number of nitrogens with one attached hydrogen (secondary N) is 1. The molecule has 18 heavy (non-hydrogen) atoms. The largest absolute Gasteiger partial charge is 0.399 e. The van der Waals surface area contributed by atoms with Crippen LogP contribution in [-0.4, -0.2) is 26.5 Å². The highest BCUT2D eigenvalue weighted by atomic mass is 79.9. The van der Waals surface area contributed by atoms with Crippen LogP contribution in [0.25, 0.3) is 0 Å². The summed E-state index contributed by atoms with van der Waals surface area (Å²) >= 11 is 4.82. The molecule has 0 saturated heterocycles. The highest BCUT2D eigenvalue weighted by Crippen LogP contribution is 2.23. The molecule has 100 valence electrons. The van der Waals surface area contributed by atoms with Crippen molar-refractivity contribution in [2.45, 2.75) is 4.90 Å². The number of hydrogen-bond acceptors (Lipinski definition) is 4. The summed E-state index contributed by atoms with van der Waals surface area (Å²) in [6, 6.07) is 4.70. The predicted octanol–water partition coefficient (Wildman–Crippen LogP) is 2.23. The molecule has 7 heteroatoms. The number of nitrogen functional groups attached to an aromatic ring is 1. The van der Waals surface area contributed by atoms with Crippen LogP contribution in [0, 0.1) is 0 Å². The Morgan fingerprint density at radius 3 is 2.89 bits per heavy atom. The van der Waals surface area contributed by atoms with Crippen LogP contribution in [0.15, 0.2) is 40.2 Å². The van der Waals surface area contributed by atoms with E-state index in [-0.39, 0.29) is 4.90 Å². The highest BCUT2D eigenvalue weighted by Gasteiger charge is 2.17. The normalized spacial score (nSPS) is 11.4. The van der Waals surface area contributed by atoms with Gasteiger partial charge in [0.1, 0.15) is 0 Å². The summed E-state index contributed by atoms with van der Waals surface area (Å²) in [6.45, 7) is 3.97. The minimum absolute atomic E-state index is 0.163. The van der Waals surface area contributed by atoms with Crippen molar-refractivity contribution in [1.82, 2.24) is 4.72 Å². The predicted molar refractivity (Wildman–Crippen MR) is 81.3 cm³/mol. The fourth-order valence-electron chi connectivity index (χ4n) is 1.22. The molecule has 0 amide bonds. The van der Waals surface area contributed by atoms with Crippen LogP contribution >= 0.6 is 27.7 Å². The third-order valence-electron chi connectivity index (χ3n) is 2.02. The fourth-order valence-corrected chi connectivity index (χ4v) is 3.96. The summed E-state index contributed by atoms with van der Waals surface area (Å²) in [5.74, 6) is 1.51. The first-order valence-corrected chi connectivity index (χ1v) is 8.64. The molecule has 3 N–H and O–H groups in total. The Kier molecular flexibility index (Phi) is 6.20. The zero-order chi connectivity index (χ0) is 13.6. The van der Waals surface area contributed by atoms with E-state index in [1.807, 2.05) is 0 Å². The van der Waals surface area contributed by atoms with Gasteiger partial charge in [-0.1, -0.05) is 6.08 Å². The van der Waals surface area contributed by atoms with Crippen LogP contribution in [0.1, 0.15) is 0 Å². The van der Waals surface area contributed by atoms with Crippen LogP contribution in [0.5, 0.6) is 0 Å². The standard InChI is InChI=1S/C11H15BrN2O2S2/c1-2-6-17-7-5-14-18(15,16)11-8-9(13)3-4-10(11)12/h2-4,8,14H,1,5-7,13H2. The molecule has 0 heterocycles. The Morgan fingerprint density at radius 1 is 1.50 bits per heavy atom. The number of anilines is 1. The van der Waals surface area contributed by atoms with Gasteiger partial charge in [-0.15, -0.1) is 6.58 Å². The zero-order valence-electron chi connectivity index (χ0n) is 9.73. The van der Waals surface area contributed by atoms with Crippen molar-refractivity contribution in [3.63, 3.8) is 0 Å². The van der Waals surface area contributed by atoms with Gasteiger partial charge in [-0.2, -0.15) is 11.8 Å². The van der Waals surface area contributed by atoms with Crippen LogP contribution in [0.3, 0.4) is 0 Å². The molecule has 1 aromatic carbocycles.